The molecule has 0 saturated heterocycles. The smallest absolute Gasteiger partial charge is 0.480 e. The van der Waals surface area contributed by atoms with Crippen molar-refractivity contribution in [2.24, 2.45) is 0 Å². The van der Waals surface area contributed by atoms with Gasteiger partial charge >= 0.3 is 41.7 Å². The maximum atomic E-state index is 10.6. The summed E-state index contributed by atoms with van der Waals surface area (Å²) in [4.78, 5) is 28.1. The van der Waals surface area contributed by atoms with Crippen molar-refractivity contribution < 1.29 is 49.0 Å². The summed E-state index contributed by atoms with van der Waals surface area (Å²) >= 11 is 0. The number of aliphatic carboxylic acids is 1. The summed E-state index contributed by atoms with van der Waals surface area (Å²) in [6.45, 7) is 3.31. The molecule has 0 aromatic rings. The van der Waals surface area contributed by atoms with E-state index in [1.807, 2.05) is 0 Å². The number of carbonyl (C=O) groups excluding carboxylic acids is 2. The third-order valence-corrected chi connectivity index (χ3v) is 1.55. The number of carbonyl (C=O) groups is 1. The van der Waals surface area contributed by atoms with Crippen LogP contribution in [0, 0.1) is 29.6 Å². The van der Waals surface area contributed by atoms with E-state index in [-0.39, 0.29) is 55.2 Å². The van der Waals surface area contributed by atoms with E-state index in [0.717, 1.165) is 0 Å². The topological polar surface area (TPSA) is 122 Å². The Balaban J connectivity index is -0.000000440. The maximum absolute atomic E-state index is 10.6. The molecule has 0 heterocycles. The number of hydrogen-bond acceptors (Lipinski definition) is 6. The van der Waals surface area contributed by atoms with E-state index < -0.39 is 12.0 Å². The summed E-state index contributed by atoms with van der Waals surface area (Å²) in [5, 5.41) is 25.4. The van der Waals surface area contributed by atoms with Gasteiger partial charge in [-0.25, -0.2) is 0 Å². The average molecular weight is 247 g/mol. The fraction of sp³-hybridized carbons (Fsp3) is 0.444. The second kappa shape index (κ2) is 14.8. The van der Waals surface area contributed by atoms with Gasteiger partial charge in [0, 0.05) is 0 Å². The molecule has 0 unspecified atom stereocenters. The number of rotatable bonds is 5. The van der Waals surface area contributed by atoms with Crippen LogP contribution in [0.5, 0.6) is 0 Å². The van der Waals surface area contributed by atoms with Crippen molar-refractivity contribution in [3.8, 4) is 12.1 Å². The third kappa shape index (κ3) is 11.1. The second-order valence-electron chi connectivity index (χ2n) is 2.45. The van der Waals surface area contributed by atoms with Crippen molar-refractivity contribution in [1.29, 1.82) is 10.5 Å². The van der Waals surface area contributed by atoms with Gasteiger partial charge in [0.25, 0.3) is 0 Å². The number of hydrogen-bond donors (Lipinski definition) is 1. The number of carboxylic acid groups (broad SMARTS) is 1. The molecule has 1 atom stereocenters. The first kappa shape index (κ1) is 21.1. The van der Waals surface area contributed by atoms with Crippen LogP contribution in [0.3, 0.4) is 0 Å². The molecule has 0 amide bonds. The Morgan fingerprint density at radius 2 is 1.65 bits per heavy atom. The van der Waals surface area contributed by atoms with Crippen molar-refractivity contribution in [3.63, 3.8) is 0 Å². The fourth-order valence-corrected chi connectivity index (χ4v) is 0.920. The summed E-state index contributed by atoms with van der Waals surface area (Å²) in [7, 11) is 0. The molecule has 0 aliphatic heterocycles. The average Bonchev–Trinajstić information content (AvgIpc) is 2.20. The summed E-state index contributed by atoms with van der Waals surface area (Å²) in [6.07, 6.45) is 0.388. The minimum Gasteiger partial charge on any atom is -0.480 e. The molecule has 0 spiro atoms. The van der Waals surface area contributed by atoms with Gasteiger partial charge in [-0.15, -0.1) is 0 Å². The van der Waals surface area contributed by atoms with Crippen LogP contribution < -0.4 is 29.6 Å². The van der Waals surface area contributed by atoms with E-state index in [2.05, 4.69) is 6.92 Å². The van der Waals surface area contributed by atoms with Gasteiger partial charge in [-0.05, 0) is 0 Å². The standard InChI is InChI=1S/C8H10N3O2.CO2.Na/c1-2-7(8(12)13)11(5-3-9)6-4-10;2-1-3;/h7H,1-2,5-6H2,(H,12,13);;/q-1;;+1/t7-;;/m0../s1. The molecule has 86 valence electrons. The summed E-state index contributed by atoms with van der Waals surface area (Å²) in [5.41, 5.74) is 0. The van der Waals surface area contributed by atoms with Crippen molar-refractivity contribution in [1.82, 2.24) is 4.90 Å². The molecule has 1 N–H and O–H groups in total. The first-order valence-electron chi connectivity index (χ1n) is 4.08. The molecular weight excluding hydrogens is 237 g/mol. The first-order chi connectivity index (χ1) is 7.58. The molecule has 0 aliphatic carbocycles. The minimum absolute atomic E-state index is 0. The van der Waals surface area contributed by atoms with Crippen LogP contribution in [0.2, 0.25) is 0 Å². The van der Waals surface area contributed by atoms with Crippen molar-refractivity contribution in [3.05, 3.63) is 6.92 Å². The van der Waals surface area contributed by atoms with Gasteiger partial charge in [0.1, 0.15) is 0 Å². The van der Waals surface area contributed by atoms with E-state index in [0.29, 0.717) is 0 Å². The zero-order valence-corrected chi connectivity index (χ0v) is 11.4. The Kier molecular flexibility index (Phi) is 18.4. The van der Waals surface area contributed by atoms with Crippen molar-refractivity contribution >= 4 is 12.1 Å². The molecule has 0 aromatic carbocycles. The Bertz CT molecular complexity index is 312. The first-order valence-corrected chi connectivity index (χ1v) is 4.08. The van der Waals surface area contributed by atoms with Gasteiger partial charge in [-0.3, -0.25) is 9.69 Å². The number of nitriles is 2. The molecule has 0 aromatic heterocycles. The molecule has 0 rings (SSSR count). The van der Waals surface area contributed by atoms with Gasteiger partial charge in [0.15, 0.2) is 0 Å². The zero-order valence-electron chi connectivity index (χ0n) is 9.42. The molecular formula is C9H10N3NaO4. The van der Waals surface area contributed by atoms with Gasteiger partial charge in [-0.1, -0.05) is 0 Å². The SMILES string of the molecule is O=C=O.[CH2-]C[C@@H](C(=O)O)N(CC#N)CC#N.[Na+]. The van der Waals surface area contributed by atoms with E-state index >= 15 is 0 Å². The van der Waals surface area contributed by atoms with Gasteiger partial charge in [0.05, 0.1) is 31.3 Å². The quantitative estimate of drug-likeness (QED) is 0.303. The molecule has 0 radical (unpaired) electrons. The van der Waals surface area contributed by atoms with Gasteiger partial charge in [0.2, 0.25) is 0 Å². The molecule has 0 fully saturated rings. The van der Waals surface area contributed by atoms with Crippen LogP contribution in [-0.2, 0) is 14.4 Å². The predicted octanol–water partition coefficient (Wildman–Crippen LogP) is -3.57. The van der Waals surface area contributed by atoms with E-state index in [9.17, 15) is 4.79 Å². The van der Waals surface area contributed by atoms with Crippen molar-refractivity contribution in [2.75, 3.05) is 13.1 Å². The molecule has 17 heavy (non-hydrogen) atoms. The third-order valence-electron chi connectivity index (χ3n) is 1.55. The molecule has 0 saturated carbocycles. The molecule has 0 bridgehead atoms. The van der Waals surface area contributed by atoms with Crippen LogP contribution in [0.15, 0.2) is 0 Å². The number of nitrogens with zero attached hydrogens (tertiary/aromatic N) is 3. The Hall–Kier alpha value is -1.21. The van der Waals surface area contributed by atoms with E-state index in [1.54, 1.807) is 12.1 Å². The summed E-state index contributed by atoms with van der Waals surface area (Å²) in [6, 6.07) is 2.76. The van der Waals surface area contributed by atoms with Crippen molar-refractivity contribution in [2.45, 2.75) is 12.5 Å². The van der Waals surface area contributed by atoms with E-state index in [4.69, 9.17) is 25.2 Å². The Labute approximate surface area is 121 Å². The summed E-state index contributed by atoms with van der Waals surface area (Å²) < 4.78 is 0. The van der Waals surface area contributed by atoms with Crippen LogP contribution in [0.1, 0.15) is 6.42 Å². The monoisotopic (exact) mass is 247 g/mol. The predicted molar refractivity (Wildman–Crippen MR) is 49.2 cm³/mol. The van der Waals surface area contributed by atoms with Crippen LogP contribution >= 0.6 is 0 Å². The van der Waals surface area contributed by atoms with Crippen LogP contribution in [-0.4, -0.2) is 41.3 Å². The second-order valence-corrected chi connectivity index (χ2v) is 2.45. The minimum atomic E-state index is -1.06. The molecule has 7 nitrogen and oxygen atoms in total. The van der Waals surface area contributed by atoms with Crippen LogP contribution in [0.25, 0.3) is 0 Å². The Morgan fingerprint density at radius 3 is 1.82 bits per heavy atom. The van der Waals surface area contributed by atoms with Gasteiger partial charge < -0.3 is 12.0 Å². The molecule has 0 aliphatic rings. The summed E-state index contributed by atoms with van der Waals surface area (Å²) in [5.74, 6) is -1.06. The fourth-order valence-electron chi connectivity index (χ4n) is 0.920. The largest absolute Gasteiger partial charge is 1.00 e. The number of carboxylic acids is 1. The Morgan fingerprint density at radius 1 is 1.29 bits per heavy atom. The zero-order chi connectivity index (χ0) is 13.0. The van der Waals surface area contributed by atoms with Gasteiger partial charge in [-0.2, -0.15) is 26.5 Å². The van der Waals surface area contributed by atoms with Crippen LogP contribution in [0.4, 0.5) is 0 Å². The van der Waals surface area contributed by atoms with E-state index in [1.165, 1.54) is 4.90 Å². The maximum Gasteiger partial charge on any atom is 1.00 e. The normalized spacial score (nSPS) is 9.41. The molecule has 8 heteroatoms.